The average molecular weight is 495 g/mol. The summed E-state index contributed by atoms with van der Waals surface area (Å²) in [5, 5.41) is 18.6. The fraction of sp³-hybridized carbons (Fsp3) is 0.160. The Labute approximate surface area is 202 Å². The maximum Gasteiger partial charge on any atom is 0.573 e. The topological polar surface area (TPSA) is 94.2 Å². The molecule has 0 aliphatic rings. The Bertz CT molecular complexity index is 1540. The summed E-state index contributed by atoms with van der Waals surface area (Å²) in [4.78, 5) is 17.2. The summed E-state index contributed by atoms with van der Waals surface area (Å²) in [6.45, 7) is -0.317. The molecule has 1 atom stereocenters. The van der Waals surface area contributed by atoms with Crippen LogP contribution in [0.1, 0.15) is 22.1 Å². The van der Waals surface area contributed by atoms with Crippen molar-refractivity contribution in [3.8, 4) is 11.4 Å². The smallest absolute Gasteiger partial charge is 0.406 e. The van der Waals surface area contributed by atoms with Gasteiger partial charge in [-0.05, 0) is 54.6 Å². The molecule has 5 rings (SSSR count). The summed E-state index contributed by atoms with van der Waals surface area (Å²) in [5.41, 5.74) is 2.78. The SMILES string of the molecule is Cn1cc2c3cc(C(=O)NC(CO)c4ccccn4)ccc3n(-c3ccc(OC(F)(F)F)cc3)c2n1. The molecule has 0 radical (unpaired) electrons. The van der Waals surface area contributed by atoms with Crippen molar-refractivity contribution in [3.63, 3.8) is 0 Å². The van der Waals surface area contributed by atoms with Crippen LogP contribution in [0, 0.1) is 0 Å². The van der Waals surface area contributed by atoms with Crippen LogP contribution in [0.5, 0.6) is 5.75 Å². The number of aliphatic hydroxyl groups excluding tert-OH is 1. The number of aromatic nitrogens is 4. The number of benzene rings is 2. The molecule has 3 aromatic heterocycles. The van der Waals surface area contributed by atoms with Crippen molar-refractivity contribution in [3.05, 3.63) is 84.3 Å². The Kier molecular flexibility index (Phi) is 5.84. The lowest BCUT2D eigenvalue weighted by molar-refractivity contribution is -0.274. The number of hydrogen-bond donors (Lipinski definition) is 2. The molecule has 0 saturated heterocycles. The average Bonchev–Trinajstić information content (AvgIpc) is 3.37. The van der Waals surface area contributed by atoms with Crippen molar-refractivity contribution in [1.29, 1.82) is 0 Å². The largest absolute Gasteiger partial charge is 0.573 e. The van der Waals surface area contributed by atoms with Gasteiger partial charge in [-0.3, -0.25) is 19.0 Å². The van der Waals surface area contributed by atoms with Crippen molar-refractivity contribution >= 4 is 27.8 Å². The van der Waals surface area contributed by atoms with Gasteiger partial charge in [-0.25, -0.2) is 0 Å². The summed E-state index contributed by atoms with van der Waals surface area (Å²) < 4.78 is 45.0. The fourth-order valence-electron chi connectivity index (χ4n) is 4.13. The van der Waals surface area contributed by atoms with Crippen LogP contribution >= 0.6 is 0 Å². The van der Waals surface area contributed by atoms with Crippen molar-refractivity contribution in [2.75, 3.05) is 6.61 Å². The van der Waals surface area contributed by atoms with Crippen molar-refractivity contribution in [2.24, 2.45) is 7.05 Å². The number of nitrogens with zero attached hydrogens (tertiary/aromatic N) is 4. The summed E-state index contributed by atoms with van der Waals surface area (Å²) in [6.07, 6.45) is -1.39. The minimum absolute atomic E-state index is 0.317. The van der Waals surface area contributed by atoms with Crippen molar-refractivity contribution in [1.82, 2.24) is 24.6 Å². The van der Waals surface area contributed by atoms with Gasteiger partial charge in [-0.1, -0.05) is 6.07 Å². The molecule has 184 valence electrons. The Morgan fingerprint density at radius 1 is 1.11 bits per heavy atom. The van der Waals surface area contributed by atoms with Crippen LogP contribution in [0.4, 0.5) is 13.2 Å². The zero-order valence-electron chi connectivity index (χ0n) is 18.9. The van der Waals surface area contributed by atoms with Gasteiger partial charge < -0.3 is 15.2 Å². The number of ether oxygens (including phenoxy) is 1. The molecule has 0 bridgehead atoms. The lowest BCUT2D eigenvalue weighted by atomic mass is 10.1. The third kappa shape index (κ3) is 4.48. The first kappa shape index (κ1) is 23.4. The van der Waals surface area contributed by atoms with Gasteiger partial charge in [-0.15, -0.1) is 13.2 Å². The number of pyridine rings is 1. The summed E-state index contributed by atoms with van der Waals surface area (Å²) in [6, 6.07) is 15.2. The van der Waals surface area contributed by atoms with Crippen LogP contribution in [0.2, 0.25) is 0 Å². The first-order chi connectivity index (χ1) is 17.2. The quantitative estimate of drug-likeness (QED) is 0.367. The lowest BCUT2D eigenvalue weighted by Gasteiger charge is -2.16. The van der Waals surface area contributed by atoms with E-state index in [1.54, 1.807) is 65.1 Å². The molecule has 0 saturated carbocycles. The Morgan fingerprint density at radius 3 is 2.56 bits per heavy atom. The molecule has 2 N–H and O–H groups in total. The summed E-state index contributed by atoms with van der Waals surface area (Å²) in [7, 11) is 1.76. The molecule has 36 heavy (non-hydrogen) atoms. The molecule has 1 amide bonds. The molecule has 3 heterocycles. The van der Waals surface area contributed by atoms with Gasteiger partial charge in [0, 0.05) is 41.5 Å². The number of halogens is 3. The van der Waals surface area contributed by atoms with Crippen molar-refractivity contribution < 1.29 is 27.8 Å². The van der Waals surface area contributed by atoms with Gasteiger partial charge in [0.15, 0.2) is 5.65 Å². The molecule has 2 aromatic carbocycles. The zero-order valence-corrected chi connectivity index (χ0v) is 18.9. The van der Waals surface area contributed by atoms with Crippen LogP contribution in [0.3, 0.4) is 0 Å². The maximum atomic E-state index is 13.0. The first-order valence-corrected chi connectivity index (χ1v) is 10.9. The van der Waals surface area contributed by atoms with E-state index < -0.39 is 12.4 Å². The lowest BCUT2D eigenvalue weighted by Crippen LogP contribution is -2.31. The second kappa shape index (κ2) is 9.00. The fourth-order valence-corrected chi connectivity index (χ4v) is 4.13. The first-order valence-electron chi connectivity index (χ1n) is 10.9. The molecule has 11 heteroatoms. The number of hydrogen-bond acceptors (Lipinski definition) is 5. The molecule has 0 aliphatic heterocycles. The third-order valence-electron chi connectivity index (χ3n) is 5.67. The van der Waals surface area contributed by atoms with E-state index in [1.807, 2.05) is 0 Å². The molecule has 8 nitrogen and oxygen atoms in total. The molecular weight excluding hydrogens is 475 g/mol. The molecule has 1 unspecified atom stereocenters. The van der Waals surface area contributed by atoms with Gasteiger partial charge in [0.05, 0.1) is 23.9 Å². The van der Waals surface area contributed by atoms with E-state index in [9.17, 15) is 23.1 Å². The highest BCUT2D eigenvalue weighted by Gasteiger charge is 2.31. The minimum Gasteiger partial charge on any atom is -0.406 e. The van der Waals surface area contributed by atoms with E-state index in [-0.39, 0.29) is 18.3 Å². The van der Waals surface area contributed by atoms with Crippen LogP contribution in [-0.2, 0) is 7.05 Å². The van der Waals surface area contributed by atoms with Gasteiger partial charge >= 0.3 is 6.36 Å². The highest BCUT2D eigenvalue weighted by molar-refractivity contribution is 6.10. The summed E-state index contributed by atoms with van der Waals surface area (Å²) >= 11 is 0. The Morgan fingerprint density at radius 2 is 1.89 bits per heavy atom. The number of carbonyl (C=O) groups is 1. The monoisotopic (exact) mass is 495 g/mol. The number of rotatable bonds is 6. The standard InChI is InChI=1S/C25H20F3N5O3/c1-32-13-19-18-12-15(24(35)30-21(14-34)20-4-2-3-11-29-20)5-10-22(18)33(23(19)31-32)16-6-8-17(9-7-16)36-25(26,27)28/h2-13,21,34H,14H2,1H3,(H,30,35). The number of aliphatic hydroxyl groups is 1. The Balaban J connectivity index is 1.52. The van der Waals surface area contributed by atoms with E-state index in [1.165, 1.54) is 24.3 Å². The van der Waals surface area contributed by atoms with E-state index >= 15 is 0 Å². The maximum absolute atomic E-state index is 13.0. The van der Waals surface area contributed by atoms with E-state index in [4.69, 9.17) is 0 Å². The van der Waals surface area contributed by atoms with E-state index in [0.717, 1.165) is 16.3 Å². The van der Waals surface area contributed by atoms with Crippen LogP contribution in [0.25, 0.3) is 27.6 Å². The second-order valence-corrected chi connectivity index (χ2v) is 8.11. The number of alkyl halides is 3. The van der Waals surface area contributed by atoms with Gasteiger partial charge in [-0.2, -0.15) is 5.10 Å². The van der Waals surface area contributed by atoms with Gasteiger partial charge in [0.25, 0.3) is 5.91 Å². The minimum atomic E-state index is -4.78. The van der Waals surface area contributed by atoms with E-state index in [0.29, 0.717) is 22.6 Å². The molecule has 5 aromatic rings. The molecule has 0 aliphatic carbocycles. The number of nitrogens with one attached hydrogen (secondary N) is 1. The number of carbonyl (C=O) groups excluding carboxylic acids is 1. The highest BCUT2D eigenvalue weighted by Crippen LogP contribution is 2.33. The number of amides is 1. The highest BCUT2D eigenvalue weighted by atomic mass is 19.4. The molecule has 0 fully saturated rings. The van der Waals surface area contributed by atoms with Crippen molar-refractivity contribution in [2.45, 2.75) is 12.4 Å². The van der Waals surface area contributed by atoms with Crippen LogP contribution in [0.15, 0.2) is 73.1 Å². The Hall–Kier alpha value is -4.38. The van der Waals surface area contributed by atoms with E-state index in [2.05, 4.69) is 20.1 Å². The molecule has 0 spiro atoms. The zero-order chi connectivity index (χ0) is 25.4. The number of fused-ring (bicyclic) bond motifs is 3. The summed E-state index contributed by atoms with van der Waals surface area (Å²) in [5.74, 6) is -0.717. The number of aryl methyl sites for hydroxylation is 1. The van der Waals surface area contributed by atoms with Gasteiger partial charge in [0.2, 0.25) is 0 Å². The normalized spacial score (nSPS) is 12.7. The molecular formula is C25H20F3N5O3. The van der Waals surface area contributed by atoms with Gasteiger partial charge in [0.1, 0.15) is 5.75 Å². The predicted octanol–water partition coefficient (Wildman–Crippen LogP) is 4.27. The second-order valence-electron chi connectivity index (χ2n) is 8.11. The van der Waals surface area contributed by atoms with Crippen LogP contribution in [-0.4, -0.2) is 43.3 Å². The van der Waals surface area contributed by atoms with Crippen LogP contribution < -0.4 is 10.1 Å². The predicted molar refractivity (Wildman–Crippen MR) is 126 cm³/mol. The third-order valence-corrected chi connectivity index (χ3v) is 5.67.